The van der Waals surface area contributed by atoms with Gasteiger partial charge in [0.15, 0.2) is 0 Å². The first-order valence-corrected chi connectivity index (χ1v) is 6.57. The molecule has 5 heteroatoms. The average molecular weight is 290 g/mol. The van der Waals surface area contributed by atoms with Crippen LogP contribution in [0.1, 0.15) is 17.0 Å². The summed E-state index contributed by atoms with van der Waals surface area (Å²) in [6.45, 7) is 2.60. The van der Waals surface area contributed by atoms with Crippen LogP contribution in [-0.4, -0.2) is 11.7 Å². The van der Waals surface area contributed by atoms with E-state index in [1.807, 2.05) is 36.7 Å². The van der Waals surface area contributed by atoms with Crippen molar-refractivity contribution in [2.75, 3.05) is 12.4 Å². The highest BCUT2D eigenvalue weighted by Gasteiger charge is 2.09. The molecule has 1 N–H and O–H groups in total. The Bertz CT molecular complexity index is 670. The van der Waals surface area contributed by atoms with Gasteiger partial charge in [-0.15, -0.1) is 0 Å². The largest absolute Gasteiger partial charge is 0.497 e. The van der Waals surface area contributed by atoms with E-state index in [-0.39, 0.29) is 0 Å². The van der Waals surface area contributed by atoms with Gasteiger partial charge in [0.05, 0.1) is 17.8 Å². The van der Waals surface area contributed by atoms with Gasteiger partial charge in [0, 0.05) is 25.4 Å². The number of nitrogens with one attached hydrogen (secondary N) is 1. The number of hydrogen-bond donors (Lipinski definition) is 1. The van der Waals surface area contributed by atoms with Crippen LogP contribution in [0, 0.1) is 18.3 Å². The van der Waals surface area contributed by atoms with Gasteiger partial charge in [0.1, 0.15) is 17.5 Å². The van der Waals surface area contributed by atoms with Gasteiger partial charge in [-0.05, 0) is 30.7 Å². The average Bonchev–Trinajstić information content (AvgIpc) is 2.74. The van der Waals surface area contributed by atoms with Gasteiger partial charge in [-0.1, -0.05) is 11.6 Å². The molecule has 0 atom stereocenters. The Morgan fingerprint density at radius 2 is 2.15 bits per heavy atom. The monoisotopic (exact) mass is 289 g/mol. The standard InChI is InChI=1S/C15H16ClN3O/c1-10-11(6-12(8-17)19(10)2)9-18-15-7-13(20-3)4-5-14(15)16/h4-7,18H,9H2,1-3H3. The van der Waals surface area contributed by atoms with Crippen LogP contribution in [0.15, 0.2) is 24.3 Å². The number of anilines is 1. The van der Waals surface area contributed by atoms with Crippen LogP contribution in [0.2, 0.25) is 5.02 Å². The molecule has 2 aromatic rings. The zero-order chi connectivity index (χ0) is 14.7. The Labute approximate surface area is 123 Å². The lowest BCUT2D eigenvalue weighted by Crippen LogP contribution is -2.02. The summed E-state index contributed by atoms with van der Waals surface area (Å²) >= 11 is 6.15. The van der Waals surface area contributed by atoms with Crippen molar-refractivity contribution in [3.8, 4) is 11.8 Å². The molecule has 0 bridgehead atoms. The molecule has 104 valence electrons. The summed E-state index contributed by atoms with van der Waals surface area (Å²) in [6, 6.07) is 9.52. The van der Waals surface area contributed by atoms with Gasteiger partial charge in [0.25, 0.3) is 0 Å². The highest BCUT2D eigenvalue weighted by atomic mass is 35.5. The van der Waals surface area contributed by atoms with E-state index in [9.17, 15) is 0 Å². The smallest absolute Gasteiger partial charge is 0.121 e. The molecule has 0 fully saturated rings. The summed E-state index contributed by atoms with van der Waals surface area (Å²) in [5.41, 5.74) is 3.60. The molecule has 20 heavy (non-hydrogen) atoms. The predicted molar refractivity (Wildman–Crippen MR) is 80.2 cm³/mol. The minimum absolute atomic E-state index is 0.605. The number of rotatable bonds is 4. The lowest BCUT2D eigenvalue weighted by Gasteiger charge is -2.10. The van der Waals surface area contributed by atoms with Crippen molar-refractivity contribution in [2.45, 2.75) is 13.5 Å². The van der Waals surface area contributed by atoms with E-state index >= 15 is 0 Å². The van der Waals surface area contributed by atoms with Crippen molar-refractivity contribution < 1.29 is 4.74 Å². The van der Waals surface area contributed by atoms with Crippen LogP contribution in [0.4, 0.5) is 5.69 Å². The number of halogens is 1. The van der Waals surface area contributed by atoms with Gasteiger partial charge >= 0.3 is 0 Å². The highest BCUT2D eigenvalue weighted by molar-refractivity contribution is 6.33. The second-order valence-electron chi connectivity index (χ2n) is 4.51. The topological polar surface area (TPSA) is 50.0 Å². The molecule has 0 amide bonds. The minimum atomic E-state index is 0.605. The summed E-state index contributed by atoms with van der Waals surface area (Å²) in [5.74, 6) is 0.749. The molecule has 1 heterocycles. The number of aromatic nitrogens is 1. The number of nitrogens with zero attached hydrogens (tertiary/aromatic N) is 2. The second kappa shape index (κ2) is 5.89. The molecule has 4 nitrogen and oxygen atoms in total. The van der Waals surface area contributed by atoms with Crippen molar-refractivity contribution in [3.05, 3.63) is 46.2 Å². The summed E-state index contributed by atoms with van der Waals surface area (Å²) in [4.78, 5) is 0. The van der Waals surface area contributed by atoms with Crippen LogP contribution in [-0.2, 0) is 13.6 Å². The van der Waals surface area contributed by atoms with Gasteiger partial charge in [0.2, 0.25) is 0 Å². The van der Waals surface area contributed by atoms with Crippen molar-refractivity contribution in [1.82, 2.24) is 4.57 Å². The molecule has 1 aromatic carbocycles. The number of nitriles is 1. The lowest BCUT2D eigenvalue weighted by atomic mass is 10.2. The molecule has 0 aliphatic carbocycles. The fourth-order valence-electron chi connectivity index (χ4n) is 2.01. The van der Waals surface area contributed by atoms with Crippen molar-refractivity contribution in [1.29, 1.82) is 5.26 Å². The Kier molecular flexibility index (Phi) is 4.21. The van der Waals surface area contributed by atoms with Crippen LogP contribution in [0.5, 0.6) is 5.75 Å². The molecule has 0 spiro atoms. The van der Waals surface area contributed by atoms with Gasteiger partial charge in [-0.25, -0.2) is 0 Å². The molecule has 2 rings (SSSR count). The highest BCUT2D eigenvalue weighted by Crippen LogP contribution is 2.27. The number of methoxy groups -OCH3 is 1. The summed E-state index contributed by atoms with van der Waals surface area (Å²) < 4.78 is 7.06. The maximum absolute atomic E-state index is 9.02. The van der Waals surface area contributed by atoms with E-state index in [1.54, 1.807) is 13.2 Å². The zero-order valence-corrected chi connectivity index (χ0v) is 12.5. The van der Waals surface area contributed by atoms with Crippen LogP contribution in [0.3, 0.4) is 0 Å². The number of benzene rings is 1. The molecular formula is C15H16ClN3O. The third kappa shape index (κ3) is 2.73. The fraction of sp³-hybridized carbons (Fsp3) is 0.267. The third-order valence-electron chi connectivity index (χ3n) is 3.40. The van der Waals surface area contributed by atoms with E-state index in [0.717, 1.165) is 22.7 Å². The molecule has 0 radical (unpaired) electrons. The van der Waals surface area contributed by atoms with E-state index < -0.39 is 0 Å². The van der Waals surface area contributed by atoms with Gasteiger partial charge < -0.3 is 14.6 Å². The Balaban J connectivity index is 2.19. The second-order valence-corrected chi connectivity index (χ2v) is 4.92. The molecule has 0 aliphatic rings. The maximum Gasteiger partial charge on any atom is 0.121 e. The van der Waals surface area contributed by atoms with E-state index in [0.29, 0.717) is 17.3 Å². The van der Waals surface area contributed by atoms with Gasteiger partial charge in [-0.3, -0.25) is 0 Å². The normalized spacial score (nSPS) is 10.2. The first-order chi connectivity index (χ1) is 9.56. The summed E-state index contributed by atoms with van der Waals surface area (Å²) in [6.07, 6.45) is 0. The van der Waals surface area contributed by atoms with Crippen molar-refractivity contribution in [3.63, 3.8) is 0 Å². The number of hydrogen-bond acceptors (Lipinski definition) is 3. The molecule has 0 unspecified atom stereocenters. The van der Waals surface area contributed by atoms with Crippen LogP contribution in [0.25, 0.3) is 0 Å². The first-order valence-electron chi connectivity index (χ1n) is 6.19. The van der Waals surface area contributed by atoms with Crippen LogP contribution < -0.4 is 10.1 Å². The van der Waals surface area contributed by atoms with Crippen molar-refractivity contribution in [2.24, 2.45) is 7.05 Å². The molecular weight excluding hydrogens is 274 g/mol. The van der Waals surface area contributed by atoms with E-state index in [2.05, 4.69) is 11.4 Å². The minimum Gasteiger partial charge on any atom is -0.497 e. The Morgan fingerprint density at radius 3 is 2.75 bits per heavy atom. The molecule has 0 saturated heterocycles. The molecule has 0 aliphatic heterocycles. The SMILES string of the molecule is COc1ccc(Cl)c(NCc2cc(C#N)n(C)c2C)c1. The van der Waals surface area contributed by atoms with Crippen LogP contribution >= 0.6 is 11.6 Å². The quantitative estimate of drug-likeness (QED) is 0.937. The van der Waals surface area contributed by atoms with E-state index in [4.69, 9.17) is 21.6 Å². The predicted octanol–water partition coefficient (Wildman–Crippen LogP) is 3.48. The van der Waals surface area contributed by atoms with E-state index in [1.165, 1.54) is 0 Å². The van der Waals surface area contributed by atoms with Crippen molar-refractivity contribution >= 4 is 17.3 Å². The molecule has 1 aromatic heterocycles. The van der Waals surface area contributed by atoms with Gasteiger partial charge in [-0.2, -0.15) is 5.26 Å². The lowest BCUT2D eigenvalue weighted by molar-refractivity contribution is 0.415. The summed E-state index contributed by atoms with van der Waals surface area (Å²) in [5, 5.41) is 12.9. The third-order valence-corrected chi connectivity index (χ3v) is 3.73. The first kappa shape index (κ1) is 14.3. The number of ether oxygens (including phenoxy) is 1. The Morgan fingerprint density at radius 1 is 1.40 bits per heavy atom. The Hall–Kier alpha value is -2.12. The summed E-state index contributed by atoms with van der Waals surface area (Å²) in [7, 11) is 3.50. The fourth-order valence-corrected chi connectivity index (χ4v) is 2.19. The zero-order valence-electron chi connectivity index (χ0n) is 11.7. The molecule has 0 saturated carbocycles. The maximum atomic E-state index is 9.02.